The SMILES string of the molecule is CC[Si](CC)(CC)O[C@H](C)[C@H](NC(=O)[C@@H](N)[C@@H](C)O[Si](C)(C)C(C)(C)C)C1=N[C@@H](C(=O)OC)CS1. The minimum absolute atomic E-state index is 0.00881. The Kier molecular flexibility index (Phi) is 12.2. The lowest BCUT2D eigenvalue weighted by atomic mass is 10.1. The van der Waals surface area contributed by atoms with E-state index in [1.54, 1.807) is 0 Å². The number of carbonyl (C=O) groups is 2. The number of nitrogens with two attached hydrogens (primary N) is 1. The third kappa shape index (κ3) is 8.39. The molecule has 1 heterocycles. The van der Waals surface area contributed by atoms with E-state index in [2.05, 4.69) is 64.9 Å². The number of methoxy groups -OCH3 is 1. The minimum Gasteiger partial charge on any atom is -0.467 e. The van der Waals surface area contributed by atoms with Gasteiger partial charge in [-0.15, -0.1) is 11.8 Å². The molecule has 0 fully saturated rings. The van der Waals surface area contributed by atoms with E-state index in [0.717, 1.165) is 18.1 Å². The Hall–Kier alpha value is -0.726. The summed E-state index contributed by atoms with van der Waals surface area (Å²) in [4.78, 5) is 30.0. The van der Waals surface area contributed by atoms with Crippen molar-refractivity contribution in [2.45, 2.75) is 122 Å². The summed E-state index contributed by atoms with van der Waals surface area (Å²) in [6, 6.07) is 1.06. The van der Waals surface area contributed by atoms with Crippen molar-refractivity contribution in [3.63, 3.8) is 0 Å². The van der Waals surface area contributed by atoms with Crippen LogP contribution in [0.1, 0.15) is 55.4 Å². The van der Waals surface area contributed by atoms with Crippen LogP contribution in [-0.4, -0.2) is 76.8 Å². The maximum atomic E-state index is 13.3. The van der Waals surface area contributed by atoms with Crippen LogP contribution in [0, 0.1) is 0 Å². The third-order valence-electron chi connectivity index (χ3n) is 7.64. The van der Waals surface area contributed by atoms with Gasteiger partial charge in [0.15, 0.2) is 22.7 Å². The van der Waals surface area contributed by atoms with Crippen molar-refractivity contribution in [3.8, 4) is 0 Å². The quantitative estimate of drug-likeness (QED) is 0.261. The molecule has 0 saturated carbocycles. The van der Waals surface area contributed by atoms with Crippen LogP contribution in [0.5, 0.6) is 0 Å². The van der Waals surface area contributed by atoms with Gasteiger partial charge < -0.3 is 24.6 Å². The van der Waals surface area contributed by atoms with Crippen molar-refractivity contribution >= 4 is 45.3 Å². The van der Waals surface area contributed by atoms with E-state index in [0.29, 0.717) is 10.8 Å². The number of carbonyl (C=O) groups excluding carboxylic acids is 2. The summed E-state index contributed by atoms with van der Waals surface area (Å²) in [6.07, 6.45) is -0.749. The molecule has 0 aromatic carbocycles. The molecule has 3 N–H and O–H groups in total. The highest BCUT2D eigenvalue weighted by Crippen LogP contribution is 2.37. The zero-order valence-electron chi connectivity index (χ0n) is 23.7. The molecule has 0 aliphatic carbocycles. The highest BCUT2D eigenvalue weighted by molar-refractivity contribution is 8.14. The van der Waals surface area contributed by atoms with E-state index >= 15 is 0 Å². The minimum atomic E-state index is -2.09. The van der Waals surface area contributed by atoms with Crippen LogP contribution in [0.25, 0.3) is 0 Å². The molecule has 0 aromatic heterocycles. The number of hydrogen-bond donors (Lipinski definition) is 2. The molecule has 204 valence electrons. The van der Waals surface area contributed by atoms with Gasteiger partial charge in [0.1, 0.15) is 12.1 Å². The highest BCUT2D eigenvalue weighted by atomic mass is 32.2. The van der Waals surface area contributed by atoms with E-state index in [9.17, 15) is 9.59 Å². The van der Waals surface area contributed by atoms with Crippen LogP contribution in [-0.2, 0) is 23.2 Å². The lowest BCUT2D eigenvalue weighted by Crippen LogP contribution is -2.58. The molecular weight excluding hydrogens is 499 g/mol. The predicted molar refractivity (Wildman–Crippen MR) is 151 cm³/mol. The first-order valence-electron chi connectivity index (χ1n) is 12.8. The lowest BCUT2D eigenvalue weighted by Gasteiger charge is -2.40. The average molecular weight is 548 g/mol. The van der Waals surface area contributed by atoms with Crippen molar-refractivity contribution in [2.24, 2.45) is 10.7 Å². The molecule has 0 spiro atoms. The number of ether oxygens (including phenoxy) is 1. The first-order chi connectivity index (χ1) is 16.1. The number of nitrogens with zero attached hydrogens (tertiary/aromatic N) is 1. The lowest BCUT2D eigenvalue weighted by molar-refractivity contribution is -0.141. The summed E-state index contributed by atoms with van der Waals surface area (Å²) in [7, 11) is -2.69. The maximum Gasteiger partial charge on any atom is 0.331 e. The topological polar surface area (TPSA) is 112 Å². The molecular formula is C24H49N3O5SSi2. The molecule has 1 amide bonds. The molecule has 5 atom stereocenters. The number of rotatable bonds is 13. The van der Waals surface area contributed by atoms with Crippen molar-refractivity contribution in [3.05, 3.63) is 0 Å². The van der Waals surface area contributed by atoms with Gasteiger partial charge in [-0.25, -0.2) is 4.79 Å². The van der Waals surface area contributed by atoms with Crippen LogP contribution in [0.3, 0.4) is 0 Å². The standard InChI is InChI=1S/C24H49N3O5SSi2/c1-12-35(13-2,14-3)32-17(5)20(22-26-18(15-33-22)23(29)30-9)27-21(28)19(25)16(4)31-34(10,11)24(6,7)8/h16-20H,12-15,25H2,1-11H3,(H,27,28)/t16-,17-,18-,19+,20+/m1/s1. The van der Waals surface area contributed by atoms with Crippen LogP contribution < -0.4 is 11.1 Å². The summed E-state index contributed by atoms with van der Waals surface area (Å²) in [6.45, 7) is 21.1. The summed E-state index contributed by atoms with van der Waals surface area (Å²) < 4.78 is 18.0. The first-order valence-corrected chi connectivity index (χ1v) is 19.2. The van der Waals surface area contributed by atoms with Gasteiger partial charge in [0.2, 0.25) is 5.91 Å². The van der Waals surface area contributed by atoms with Gasteiger partial charge in [-0.3, -0.25) is 9.79 Å². The van der Waals surface area contributed by atoms with Crippen LogP contribution in [0.2, 0.25) is 36.3 Å². The third-order valence-corrected chi connectivity index (χ3v) is 18.1. The van der Waals surface area contributed by atoms with Gasteiger partial charge in [-0.2, -0.15) is 0 Å². The Balaban J connectivity index is 3.15. The number of aliphatic imine (C=N–C) groups is 1. The molecule has 1 aliphatic heterocycles. The van der Waals surface area contributed by atoms with E-state index in [1.165, 1.54) is 18.9 Å². The fraction of sp³-hybridized carbons (Fsp3) is 0.875. The second kappa shape index (κ2) is 13.2. The van der Waals surface area contributed by atoms with Crippen molar-refractivity contribution in [1.29, 1.82) is 0 Å². The van der Waals surface area contributed by atoms with Crippen LogP contribution in [0.4, 0.5) is 0 Å². The van der Waals surface area contributed by atoms with Crippen molar-refractivity contribution in [1.82, 2.24) is 5.32 Å². The second-order valence-corrected chi connectivity index (χ2v) is 21.5. The molecule has 1 aliphatic rings. The fourth-order valence-corrected chi connectivity index (χ4v) is 9.36. The zero-order valence-corrected chi connectivity index (χ0v) is 26.5. The number of hydrogen-bond acceptors (Lipinski definition) is 8. The molecule has 0 saturated heterocycles. The summed E-state index contributed by atoms with van der Waals surface area (Å²) in [5, 5.41) is 3.79. The van der Waals surface area contributed by atoms with Gasteiger partial charge in [-0.1, -0.05) is 41.5 Å². The number of thioether (sulfide) groups is 1. The summed E-state index contributed by atoms with van der Waals surface area (Å²) >= 11 is 1.46. The Labute approximate surface area is 219 Å². The van der Waals surface area contributed by atoms with Gasteiger partial charge in [0, 0.05) is 5.75 Å². The molecule has 0 radical (unpaired) electrons. The van der Waals surface area contributed by atoms with E-state index in [1.807, 2.05) is 13.8 Å². The second-order valence-electron chi connectivity index (χ2n) is 11.0. The normalized spacial score (nSPS) is 20.6. The maximum absolute atomic E-state index is 13.3. The highest BCUT2D eigenvalue weighted by Gasteiger charge is 2.42. The largest absolute Gasteiger partial charge is 0.467 e. The average Bonchev–Trinajstić information content (AvgIpc) is 3.28. The zero-order chi connectivity index (χ0) is 27.2. The van der Waals surface area contributed by atoms with Gasteiger partial charge in [-0.05, 0) is 50.1 Å². The van der Waals surface area contributed by atoms with E-state index in [-0.39, 0.29) is 23.0 Å². The summed E-state index contributed by atoms with van der Waals surface area (Å²) in [5.41, 5.74) is 6.39. The number of amides is 1. The Morgan fingerprint density at radius 1 is 1.11 bits per heavy atom. The molecule has 11 heteroatoms. The number of esters is 1. The van der Waals surface area contributed by atoms with E-state index in [4.69, 9.17) is 19.3 Å². The fourth-order valence-electron chi connectivity index (χ4n) is 3.84. The first kappa shape index (κ1) is 32.3. The molecule has 0 unspecified atom stereocenters. The molecule has 1 rings (SSSR count). The van der Waals surface area contributed by atoms with Crippen molar-refractivity contribution < 1.29 is 23.2 Å². The Morgan fingerprint density at radius 3 is 2.11 bits per heavy atom. The van der Waals surface area contributed by atoms with E-state index < -0.39 is 40.9 Å². The molecule has 8 nitrogen and oxygen atoms in total. The smallest absolute Gasteiger partial charge is 0.331 e. The molecule has 0 bridgehead atoms. The van der Waals surface area contributed by atoms with Crippen LogP contribution >= 0.6 is 11.8 Å². The van der Waals surface area contributed by atoms with Gasteiger partial charge >= 0.3 is 5.97 Å². The van der Waals surface area contributed by atoms with Crippen molar-refractivity contribution in [2.75, 3.05) is 12.9 Å². The Bertz CT molecular complexity index is 748. The Morgan fingerprint density at radius 2 is 1.66 bits per heavy atom. The number of nitrogens with one attached hydrogen (secondary N) is 1. The van der Waals surface area contributed by atoms with Crippen LogP contribution in [0.15, 0.2) is 4.99 Å². The monoisotopic (exact) mass is 547 g/mol. The predicted octanol–water partition coefficient (Wildman–Crippen LogP) is 4.31. The summed E-state index contributed by atoms with van der Waals surface area (Å²) in [5.74, 6) is -0.201. The molecule has 35 heavy (non-hydrogen) atoms. The van der Waals surface area contributed by atoms with Gasteiger partial charge in [0.25, 0.3) is 0 Å². The van der Waals surface area contributed by atoms with Gasteiger partial charge in [0.05, 0.1) is 24.4 Å². The molecule has 0 aromatic rings.